The molecule has 1 aromatic rings. The summed E-state index contributed by atoms with van der Waals surface area (Å²) in [6.07, 6.45) is 5.61. The van der Waals surface area contributed by atoms with Gasteiger partial charge in [-0.3, -0.25) is 0 Å². The van der Waals surface area contributed by atoms with E-state index in [1.165, 1.54) is 6.42 Å². The van der Waals surface area contributed by atoms with Crippen molar-refractivity contribution in [3.63, 3.8) is 0 Å². The van der Waals surface area contributed by atoms with Crippen LogP contribution in [-0.4, -0.2) is 29.5 Å². The van der Waals surface area contributed by atoms with Crippen LogP contribution in [0.3, 0.4) is 0 Å². The maximum absolute atomic E-state index is 5.57. The minimum Gasteiger partial charge on any atom is -0.378 e. The Balaban J connectivity index is 1.83. The van der Waals surface area contributed by atoms with E-state index in [1.807, 2.05) is 0 Å². The molecule has 1 aliphatic heterocycles. The second-order valence-corrected chi connectivity index (χ2v) is 4.97. The van der Waals surface area contributed by atoms with Crippen LogP contribution in [0.25, 0.3) is 0 Å². The molecule has 2 rings (SSSR count). The van der Waals surface area contributed by atoms with Crippen LogP contribution in [0.15, 0.2) is 0 Å². The molecule has 0 aromatic carbocycles. The second kappa shape index (κ2) is 5.53. The van der Waals surface area contributed by atoms with E-state index in [2.05, 4.69) is 10.2 Å². The average molecular weight is 227 g/mol. The molecular weight excluding hydrogens is 210 g/mol. The molecule has 15 heavy (non-hydrogen) atoms. The molecular formula is C10H17N3OS. The zero-order chi connectivity index (χ0) is 10.5. The molecule has 0 spiro atoms. The molecule has 0 aliphatic carbocycles. The van der Waals surface area contributed by atoms with Crippen molar-refractivity contribution in [3.8, 4) is 0 Å². The number of rotatable bonds is 5. The standard InChI is InChI=1S/C10H17N3OS/c11-5-1-4-9-12-13-10(15-9)7-8-3-2-6-14-8/h8H,1-7,11H2. The largest absolute Gasteiger partial charge is 0.378 e. The fourth-order valence-corrected chi connectivity index (χ4v) is 2.68. The molecule has 5 heteroatoms. The van der Waals surface area contributed by atoms with Gasteiger partial charge in [0.05, 0.1) is 6.10 Å². The minimum absolute atomic E-state index is 0.375. The Hall–Kier alpha value is -0.520. The Kier molecular flexibility index (Phi) is 4.05. The maximum atomic E-state index is 5.57. The highest BCUT2D eigenvalue weighted by atomic mass is 32.1. The van der Waals surface area contributed by atoms with Gasteiger partial charge in [-0.05, 0) is 25.8 Å². The molecule has 1 aliphatic rings. The summed E-state index contributed by atoms with van der Waals surface area (Å²) in [5.41, 5.74) is 5.45. The van der Waals surface area contributed by atoms with Crippen molar-refractivity contribution in [2.45, 2.75) is 38.2 Å². The quantitative estimate of drug-likeness (QED) is 0.819. The van der Waals surface area contributed by atoms with Crippen LogP contribution in [0.4, 0.5) is 0 Å². The molecule has 84 valence electrons. The van der Waals surface area contributed by atoms with Crippen molar-refractivity contribution in [2.24, 2.45) is 5.73 Å². The predicted molar refractivity (Wildman–Crippen MR) is 60.0 cm³/mol. The lowest BCUT2D eigenvalue weighted by Crippen LogP contribution is -2.08. The van der Waals surface area contributed by atoms with Gasteiger partial charge in [-0.1, -0.05) is 0 Å². The van der Waals surface area contributed by atoms with E-state index in [-0.39, 0.29) is 0 Å². The molecule has 2 heterocycles. The first-order valence-corrected chi connectivity index (χ1v) is 6.33. The molecule has 1 atom stereocenters. The molecule has 1 saturated heterocycles. The Labute approximate surface area is 93.8 Å². The van der Waals surface area contributed by atoms with Crippen LogP contribution in [0.1, 0.15) is 29.3 Å². The van der Waals surface area contributed by atoms with Gasteiger partial charge in [0.2, 0.25) is 0 Å². The number of hydrogen-bond acceptors (Lipinski definition) is 5. The van der Waals surface area contributed by atoms with Crippen LogP contribution in [0.2, 0.25) is 0 Å². The van der Waals surface area contributed by atoms with E-state index in [1.54, 1.807) is 11.3 Å². The Morgan fingerprint density at radius 1 is 1.40 bits per heavy atom. The molecule has 2 N–H and O–H groups in total. The fourth-order valence-electron chi connectivity index (χ4n) is 1.73. The summed E-state index contributed by atoms with van der Waals surface area (Å²) in [4.78, 5) is 0. The molecule has 1 unspecified atom stereocenters. The number of nitrogens with zero attached hydrogens (tertiary/aromatic N) is 2. The normalized spacial score (nSPS) is 21.0. The molecule has 0 amide bonds. The van der Waals surface area contributed by atoms with Gasteiger partial charge in [0, 0.05) is 19.4 Å². The topological polar surface area (TPSA) is 61.0 Å². The van der Waals surface area contributed by atoms with E-state index in [0.717, 1.165) is 48.9 Å². The molecule has 1 aromatic heterocycles. The van der Waals surface area contributed by atoms with Crippen molar-refractivity contribution in [1.82, 2.24) is 10.2 Å². The summed E-state index contributed by atoms with van der Waals surface area (Å²) in [6, 6.07) is 0. The summed E-state index contributed by atoms with van der Waals surface area (Å²) < 4.78 is 5.57. The summed E-state index contributed by atoms with van der Waals surface area (Å²) in [6.45, 7) is 1.63. The van der Waals surface area contributed by atoms with Crippen LogP contribution in [0, 0.1) is 0 Å². The monoisotopic (exact) mass is 227 g/mol. The van der Waals surface area contributed by atoms with Crippen molar-refractivity contribution in [1.29, 1.82) is 0 Å². The smallest absolute Gasteiger partial charge is 0.120 e. The van der Waals surface area contributed by atoms with Gasteiger partial charge >= 0.3 is 0 Å². The van der Waals surface area contributed by atoms with Crippen LogP contribution in [-0.2, 0) is 17.6 Å². The third-order valence-electron chi connectivity index (χ3n) is 2.53. The second-order valence-electron chi connectivity index (χ2n) is 3.82. The van der Waals surface area contributed by atoms with Crippen LogP contribution in [0.5, 0.6) is 0 Å². The first kappa shape index (κ1) is 11.0. The highest BCUT2D eigenvalue weighted by molar-refractivity contribution is 7.11. The lowest BCUT2D eigenvalue weighted by Gasteiger charge is -2.04. The first-order valence-electron chi connectivity index (χ1n) is 5.51. The van der Waals surface area contributed by atoms with Gasteiger partial charge in [0.25, 0.3) is 0 Å². The van der Waals surface area contributed by atoms with E-state index >= 15 is 0 Å². The van der Waals surface area contributed by atoms with Gasteiger partial charge in [0.1, 0.15) is 10.0 Å². The average Bonchev–Trinajstić information content (AvgIpc) is 2.87. The first-order chi connectivity index (χ1) is 7.38. The highest BCUT2D eigenvalue weighted by Crippen LogP contribution is 2.19. The van der Waals surface area contributed by atoms with Gasteiger partial charge in [-0.2, -0.15) is 0 Å². The number of nitrogens with two attached hydrogens (primary N) is 1. The SMILES string of the molecule is NCCCc1nnc(CC2CCCO2)s1. The van der Waals surface area contributed by atoms with Crippen molar-refractivity contribution in [2.75, 3.05) is 13.2 Å². The minimum atomic E-state index is 0.375. The van der Waals surface area contributed by atoms with E-state index in [9.17, 15) is 0 Å². The Morgan fingerprint density at radius 3 is 3.00 bits per heavy atom. The summed E-state index contributed by atoms with van der Waals surface area (Å²) in [5.74, 6) is 0. The van der Waals surface area contributed by atoms with Crippen LogP contribution < -0.4 is 5.73 Å². The molecule has 0 radical (unpaired) electrons. The lowest BCUT2D eigenvalue weighted by molar-refractivity contribution is 0.111. The third-order valence-corrected chi connectivity index (χ3v) is 3.54. The number of hydrogen-bond donors (Lipinski definition) is 1. The molecule has 4 nitrogen and oxygen atoms in total. The lowest BCUT2D eigenvalue weighted by atomic mass is 10.2. The van der Waals surface area contributed by atoms with Gasteiger partial charge in [-0.25, -0.2) is 0 Å². The van der Waals surface area contributed by atoms with Gasteiger partial charge in [0.15, 0.2) is 0 Å². The molecule has 0 saturated carbocycles. The summed E-state index contributed by atoms with van der Waals surface area (Å²) in [7, 11) is 0. The number of ether oxygens (including phenoxy) is 1. The third kappa shape index (κ3) is 3.22. The van der Waals surface area contributed by atoms with Gasteiger partial charge in [-0.15, -0.1) is 21.5 Å². The predicted octanol–water partition coefficient (Wildman–Crippen LogP) is 1.15. The van der Waals surface area contributed by atoms with Crippen molar-refractivity contribution in [3.05, 3.63) is 10.0 Å². The molecule has 0 bridgehead atoms. The number of aryl methyl sites for hydroxylation is 1. The summed E-state index contributed by atoms with van der Waals surface area (Å²) >= 11 is 1.70. The van der Waals surface area contributed by atoms with E-state index in [0.29, 0.717) is 6.10 Å². The maximum Gasteiger partial charge on any atom is 0.120 e. The zero-order valence-corrected chi connectivity index (χ0v) is 9.63. The van der Waals surface area contributed by atoms with Crippen molar-refractivity contribution < 1.29 is 4.74 Å². The van der Waals surface area contributed by atoms with Crippen LogP contribution >= 0.6 is 11.3 Å². The van der Waals surface area contributed by atoms with E-state index in [4.69, 9.17) is 10.5 Å². The Bertz CT molecular complexity index is 297. The zero-order valence-electron chi connectivity index (χ0n) is 8.82. The number of aromatic nitrogens is 2. The fraction of sp³-hybridized carbons (Fsp3) is 0.800. The highest BCUT2D eigenvalue weighted by Gasteiger charge is 2.17. The Morgan fingerprint density at radius 2 is 2.27 bits per heavy atom. The van der Waals surface area contributed by atoms with Gasteiger partial charge < -0.3 is 10.5 Å². The summed E-state index contributed by atoms with van der Waals surface area (Å²) in [5, 5.41) is 10.5. The van der Waals surface area contributed by atoms with E-state index < -0.39 is 0 Å². The molecule has 1 fully saturated rings. The van der Waals surface area contributed by atoms with Crippen molar-refractivity contribution >= 4 is 11.3 Å².